The maximum atomic E-state index is 12.6. The topological polar surface area (TPSA) is 75.4 Å². The Morgan fingerprint density at radius 1 is 1.36 bits per heavy atom. The highest BCUT2D eigenvalue weighted by Gasteiger charge is 2.30. The first-order valence-corrected chi connectivity index (χ1v) is 10.1. The lowest BCUT2D eigenvalue weighted by atomic mass is 9.96. The van der Waals surface area contributed by atoms with Crippen LogP contribution in [0.3, 0.4) is 0 Å². The van der Waals surface area contributed by atoms with E-state index in [2.05, 4.69) is 10.5 Å². The normalized spacial score (nSPS) is 17.2. The third-order valence-electron chi connectivity index (χ3n) is 5.06. The molecule has 150 valence electrons. The van der Waals surface area contributed by atoms with Crippen LogP contribution in [0.2, 0.25) is 5.02 Å². The van der Waals surface area contributed by atoms with Gasteiger partial charge in [-0.2, -0.15) is 0 Å². The van der Waals surface area contributed by atoms with Crippen LogP contribution in [0.5, 0.6) is 0 Å². The zero-order valence-corrected chi connectivity index (χ0v) is 17.0. The minimum atomic E-state index is -0.199. The van der Waals surface area contributed by atoms with Gasteiger partial charge in [0.15, 0.2) is 5.76 Å². The minimum absolute atomic E-state index is 0.0495. The van der Waals surface area contributed by atoms with Gasteiger partial charge in [-0.3, -0.25) is 9.59 Å². The van der Waals surface area contributed by atoms with Crippen LogP contribution in [-0.4, -0.2) is 35.0 Å². The Morgan fingerprint density at radius 2 is 2.11 bits per heavy atom. The number of hydrogen-bond donors (Lipinski definition) is 1. The van der Waals surface area contributed by atoms with Crippen molar-refractivity contribution in [3.8, 4) is 0 Å². The van der Waals surface area contributed by atoms with Gasteiger partial charge >= 0.3 is 0 Å². The van der Waals surface area contributed by atoms with Gasteiger partial charge in [0.2, 0.25) is 11.8 Å². The molecule has 1 aromatic heterocycles. The lowest BCUT2D eigenvalue weighted by molar-refractivity contribution is -0.138. The largest absolute Gasteiger partial charge is 0.359 e. The Labute approximate surface area is 170 Å². The standard InChI is InChI=1S/C21H26ClN3O3/c1-14(2)19-11-18(28-24-19)12-23-21(27)16-5-8-20(26)25(13-16)10-9-15-3-6-17(22)7-4-15/h3-4,6-7,11,14,16H,5,8-10,12-13H2,1-2H3,(H,23,27)/t16-/m1/s1. The molecule has 3 rings (SSSR count). The van der Waals surface area contributed by atoms with E-state index in [0.29, 0.717) is 43.3 Å². The molecule has 1 aliphatic heterocycles. The molecule has 2 amide bonds. The summed E-state index contributed by atoms with van der Waals surface area (Å²) in [6.07, 6.45) is 1.72. The van der Waals surface area contributed by atoms with Crippen LogP contribution in [0.15, 0.2) is 34.9 Å². The fourth-order valence-electron chi connectivity index (χ4n) is 3.26. The zero-order valence-electron chi connectivity index (χ0n) is 16.3. The number of aromatic nitrogens is 1. The van der Waals surface area contributed by atoms with E-state index >= 15 is 0 Å². The molecule has 0 bridgehead atoms. The number of halogens is 1. The number of nitrogens with one attached hydrogen (secondary N) is 1. The lowest BCUT2D eigenvalue weighted by Gasteiger charge is -2.32. The summed E-state index contributed by atoms with van der Waals surface area (Å²) in [5, 5.41) is 7.61. The number of hydrogen-bond acceptors (Lipinski definition) is 4. The molecule has 0 saturated carbocycles. The smallest absolute Gasteiger partial charge is 0.225 e. The van der Waals surface area contributed by atoms with Gasteiger partial charge in [-0.15, -0.1) is 0 Å². The van der Waals surface area contributed by atoms with Crippen molar-refractivity contribution < 1.29 is 14.1 Å². The predicted octanol–water partition coefficient (Wildman–Crippen LogP) is 3.55. The van der Waals surface area contributed by atoms with Crippen LogP contribution < -0.4 is 5.32 Å². The molecule has 6 nitrogen and oxygen atoms in total. The Hall–Kier alpha value is -2.34. The van der Waals surface area contributed by atoms with E-state index in [1.807, 2.05) is 44.2 Å². The quantitative estimate of drug-likeness (QED) is 0.767. The van der Waals surface area contributed by atoms with Crippen LogP contribution >= 0.6 is 11.6 Å². The van der Waals surface area contributed by atoms with Crippen molar-refractivity contribution in [2.75, 3.05) is 13.1 Å². The molecule has 0 aliphatic carbocycles. The van der Waals surface area contributed by atoms with Gasteiger partial charge in [-0.25, -0.2) is 0 Å². The van der Waals surface area contributed by atoms with Gasteiger partial charge in [-0.05, 0) is 36.5 Å². The Balaban J connectivity index is 1.50. The molecule has 1 N–H and O–H groups in total. The molecule has 1 saturated heterocycles. The molecule has 0 unspecified atom stereocenters. The van der Waals surface area contributed by atoms with E-state index in [1.54, 1.807) is 4.90 Å². The van der Waals surface area contributed by atoms with Gasteiger partial charge in [0.05, 0.1) is 18.2 Å². The molecule has 0 spiro atoms. The first-order chi connectivity index (χ1) is 13.4. The molecule has 2 aromatic rings. The molecule has 2 heterocycles. The van der Waals surface area contributed by atoms with Crippen molar-refractivity contribution in [2.24, 2.45) is 5.92 Å². The third kappa shape index (κ3) is 5.35. The van der Waals surface area contributed by atoms with E-state index in [0.717, 1.165) is 17.7 Å². The molecule has 1 fully saturated rings. The van der Waals surface area contributed by atoms with Gasteiger partial charge in [0.25, 0.3) is 0 Å². The van der Waals surface area contributed by atoms with Gasteiger partial charge in [0.1, 0.15) is 0 Å². The highest BCUT2D eigenvalue weighted by molar-refractivity contribution is 6.30. The first kappa shape index (κ1) is 20.4. The van der Waals surface area contributed by atoms with Gasteiger partial charge < -0.3 is 14.7 Å². The number of amides is 2. The number of benzene rings is 1. The molecule has 1 atom stereocenters. The van der Waals surface area contributed by atoms with Crippen LogP contribution in [0.4, 0.5) is 0 Å². The summed E-state index contributed by atoms with van der Waals surface area (Å²) in [4.78, 5) is 26.6. The summed E-state index contributed by atoms with van der Waals surface area (Å²) in [6.45, 7) is 5.44. The number of likely N-dealkylation sites (tertiary alicyclic amines) is 1. The SMILES string of the molecule is CC(C)c1cc(CNC(=O)[C@@H]2CCC(=O)N(CCc3ccc(Cl)cc3)C2)on1. The van der Waals surface area contributed by atoms with Crippen molar-refractivity contribution >= 4 is 23.4 Å². The zero-order chi connectivity index (χ0) is 20.1. The summed E-state index contributed by atoms with van der Waals surface area (Å²) in [5.74, 6) is 0.784. The summed E-state index contributed by atoms with van der Waals surface area (Å²) >= 11 is 5.91. The van der Waals surface area contributed by atoms with Crippen molar-refractivity contribution in [3.05, 3.63) is 52.4 Å². The summed E-state index contributed by atoms with van der Waals surface area (Å²) in [6, 6.07) is 9.49. The number of carbonyl (C=O) groups is 2. The van der Waals surface area contributed by atoms with Gasteiger partial charge in [0, 0.05) is 30.6 Å². The Morgan fingerprint density at radius 3 is 2.79 bits per heavy atom. The number of nitrogens with zero attached hydrogens (tertiary/aromatic N) is 2. The van der Waals surface area contributed by atoms with Crippen molar-refractivity contribution in [3.63, 3.8) is 0 Å². The van der Waals surface area contributed by atoms with Crippen LogP contribution in [0, 0.1) is 5.92 Å². The fourth-order valence-corrected chi connectivity index (χ4v) is 3.39. The van der Waals surface area contributed by atoms with Crippen molar-refractivity contribution in [1.82, 2.24) is 15.4 Å². The summed E-state index contributed by atoms with van der Waals surface area (Å²) in [7, 11) is 0. The van der Waals surface area contributed by atoms with Crippen LogP contribution in [0.1, 0.15) is 49.6 Å². The van der Waals surface area contributed by atoms with Crippen molar-refractivity contribution in [2.45, 2.75) is 45.6 Å². The van der Waals surface area contributed by atoms with E-state index in [4.69, 9.17) is 16.1 Å². The minimum Gasteiger partial charge on any atom is -0.359 e. The highest BCUT2D eigenvalue weighted by atomic mass is 35.5. The maximum Gasteiger partial charge on any atom is 0.225 e. The monoisotopic (exact) mass is 403 g/mol. The van der Waals surface area contributed by atoms with Crippen LogP contribution in [0.25, 0.3) is 0 Å². The third-order valence-corrected chi connectivity index (χ3v) is 5.31. The molecule has 1 aliphatic rings. The van der Waals surface area contributed by atoms with E-state index in [1.165, 1.54) is 0 Å². The second-order valence-corrected chi connectivity index (χ2v) is 7.98. The predicted molar refractivity (Wildman–Crippen MR) is 107 cm³/mol. The average Bonchev–Trinajstić information content (AvgIpc) is 3.16. The number of rotatable bonds is 7. The molecule has 1 aromatic carbocycles. The Bertz CT molecular complexity index is 817. The summed E-state index contributed by atoms with van der Waals surface area (Å²) in [5.41, 5.74) is 2.00. The molecular formula is C21H26ClN3O3. The molecular weight excluding hydrogens is 378 g/mol. The van der Waals surface area contributed by atoms with E-state index in [-0.39, 0.29) is 23.7 Å². The van der Waals surface area contributed by atoms with E-state index < -0.39 is 0 Å². The highest BCUT2D eigenvalue weighted by Crippen LogP contribution is 2.19. The fraction of sp³-hybridized carbons (Fsp3) is 0.476. The maximum absolute atomic E-state index is 12.6. The molecule has 0 radical (unpaired) electrons. The Kier molecular flexibility index (Phi) is 6.73. The lowest BCUT2D eigenvalue weighted by Crippen LogP contribution is -2.46. The number of carbonyl (C=O) groups excluding carboxylic acids is 2. The average molecular weight is 404 g/mol. The number of piperidine rings is 1. The first-order valence-electron chi connectivity index (χ1n) is 9.68. The van der Waals surface area contributed by atoms with Crippen LogP contribution in [-0.2, 0) is 22.6 Å². The molecule has 7 heteroatoms. The van der Waals surface area contributed by atoms with Gasteiger partial charge in [-0.1, -0.05) is 42.7 Å². The van der Waals surface area contributed by atoms with Crippen molar-refractivity contribution in [1.29, 1.82) is 0 Å². The second kappa shape index (κ2) is 9.24. The second-order valence-electron chi connectivity index (χ2n) is 7.54. The summed E-state index contributed by atoms with van der Waals surface area (Å²) < 4.78 is 5.26. The van der Waals surface area contributed by atoms with E-state index in [9.17, 15) is 9.59 Å². The molecule has 28 heavy (non-hydrogen) atoms.